The van der Waals surface area contributed by atoms with Gasteiger partial charge in [-0.3, -0.25) is 9.78 Å². The van der Waals surface area contributed by atoms with Crippen LogP contribution in [0, 0.1) is 0 Å². The molecule has 0 atom stereocenters. The first-order valence-electron chi connectivity index (χ1n) is 9.66. The summed E-state index contributed by atoms with van der Waals surface area (Å²) in [5, 5.41) is 0. The molecule has 7 nitrogen and oxygen atoms in total. The maximum absolute atomic E-state index is 13.0. The third-order valence-electron chi connectivity index (χ3n) is 5.34. The molecule has 2 aromatic rings. The molecule has 2 aliphatic rings. The number of carbonyl (C=O) groups is 1. The van der Waals surface area contributed by atoms with Crippen LogP contribution in [-0.2, 0) is 24.2 Å². The van der Waals surface area contributed by atoms with Gasteiger partial charge >= 0.3 is 0 Å². The number of nitrogens with two attached hydrogens (primary N) is 1. The molecule has 1 aliphatic carbocycles. The van der Waals surface area contributed by atoms with Gasteiger partial charge in [-0.2, -0.15) is 0 Å². The van der Waals surface area contributed by atoms with Crippen molar-refractivity contribution in [2.45, 2.75) is 51.2 Å². The average Bonchev–Trinajstić information content (AvgIpc) is 2.72. The van der Waals surface area contributed by atoms with E-state index in [1.807, 2.05) is 23.2 Å². The van der Waals surface area contributed by atoms with E-state index in [0.717, 1.165) is 55.3 Å². The predicted octanol–water partition coefficient (Wildman–Crippen LogP) is 2.15. The van der Waals surface area contributed by atoms with Crippen LogP contribution < -0.4 is 5.73 Å². The Bertz CT molecular complexity index is 804. The monoisotopic (exact) mass is 367 g/mol. The topological polar surface area (TPSA) is 94.2 Å². The van der Waals surface area contributed by atoms with Crippen molar-refractivity contribution in [3.63, 3.8) is 0 Å². The zero-order chi connectivity index (χ0) is 18.6. The number of hydrogen-bond acceptors (Lipinski definition) is 6. The molecule has 0 bridgehead atoms. The van der Waals surface area contributed by atoms with Gasteiger partial charge in [0.2, 0.25) is 5.95 Å². The summed E-state index contributed by atoms with van der Waals surface area (Å²) in [5.41, 5.74) is 9.37. The van der Waals surface area contributed by atoms with Crippen molar-refractivity contribution in [2.24, 2.45) is 0 Å². The summed E-state index contributed by atoms with van der Waals surface area (Å²) in [6, 6.07) is 3.92. The first kappa shape index (κ1) is 17.9. The molecule has 0 saturated carbocycles. The van der Waals surface area contributed by atoms with E-state index in [4.69, 9.17) is 10.5 Å². The Hall–Kier alpha value is -2.54. The Balaban J connectivity index is 1.37. The lowest BCUT2D eigenvalue weighted by molar-refractivity contribution is -0.000632. The highest BCUT2D eigenvalue weighted by Crippen LogP contribution is 2.25. The summed E-state index contributed by atoms with van der Waals surface area (Å²) in [7, 11) is 0. The number of nitrogens with zero attached hydrogens (tertiary/aromatic N) is 4. The normalized spacial score (nSPS) is 17.6. The van der Waals surface area contributed by atoms with Crippen LogP contribution >= 0.6 is 0 Å². The number of likely N-dealkylation sites (tertiary alicyclic amines) is 1. The number of fused-ring (bicyclic) bond motifs is 1. The molecule has 142 valence electrons. The standard InChI is InChI=1S/C20H25N5O2/c21-20-23-17-6-2-1-5-16(17)18(24-20)19(26)25-10-7-15(8-11-25)27-13-14-4-3-9-22-12-14/h3-4,9,12,15H,1-2,5-8,10-11,13H2,(H2,21,23,24). The fourth-order valence-electron chi connectivity index (χ4n) is 3.86. The van der Waals surface area contributed by atoms with Gasteiger partial charge in [-0.05, 0) is 50.2 Å². The minimum Gasteiger partial charge on any atom is -0.373 e. The number of pyridine rings is 1. The molecule has 2 N–H and O–H groups in total. The van der Waals surface area contributed by atoms with Crippen molar-refractivity contribution >= 4 is 11.9 Å². The molecule has 27 heavy (non-hydrogen) atoms. The Morgan fingerprint density at radius 3 is 2.81 bits per heavy atom. The van der Waals surface area contributed by atoms with E-state index in [1.54, 1.807) is 6.20 Å². The second kappa shape index (κ2) is 8.00. The molecular weight excluding hydrogens is 342 g/mol. The zero-order valence-electron chi connectivity index (χ0n) is 15.4. The fraction of sp³-hybridized carbons (Fsp3) is 0.500. The lowest BCUT2D eigenvalue weighted by Gasteiger charge is -2.32. The molecule has 1 amide bonds. The summed E-state index contributed by atoms with van der Waals surface area (Å²) < 4.78 is 5.99. The summed E-state index contributed by atoms with van der Waals surface area (Å²) in [6.45, 7) is 1.91. The predicted molar refractivity (Wildman–Crippen MR) is 101 cm³/mol. The lowest BCUT2D eigenvalue weighted by Crippen LogP contribution is -2.41. The van der Waals surface area contributed by atoms with Crippen LogP contribution in [0.4, 0.5) is 5.95 Å². The minimum atomic E-state index is -0.0204. The summed E-state index contributed by atoms with van der Waals surface area (Å²) in [5.74, 6) is 0.182. The number of rotatable bonds is 4. The molecule has 3 heterocycles. The van der Waals surface area contributed by atoms with Crippen molar-refractivity contribution in [1.29, 1.82) is 0 Å². The van der Waals surface area contributed by atoms with Gasteiger partial charge in [-0.25, -0.2) is 9.97 Å². The molecule has 0 aromatic carbocycles. The van der Waals surface area contributed by atoms with Gasteiger partial charge in [0.05, 0.1) is 12.7 Å². The Morgan fingerprint density at radius 1 is 1.22 bits per heavy atom. The van der Waals surface area contributed by atoms with E-state index in [0.29, 0.717) is 25.4 Å². The van der Waals surface area contributed by atoms with Crippen LogP contribution in [0.1, 0.15) is 53.0 Å². The van der Waals surface area contributed by atoms with Crippen LogP contribution in [0.3, 0.4) is 0 Å². The van der Waals surface area contributed by atoms with Gasteiger partial charge in [-0.15, -0.1) is 0 Å². The lowest BCUT2D eigenvalue weighted by atomic mass is 9.94. The zero-order valence-corrected chi connectivity index (χ0v) is 15.4. The molecule has 4 rings (SSSR count). The van der Waals surface area contributed by atoms with Gasteiger partial charge < -0.3 is 15.4 Å². The van der Waals surface area contributed by atoms with E-state index < -0.39 is 0 Å². The number of carbonyl (C=O) groups excluding carboxylic acids is 1. The smallest absolute Gasteiger partial charge is 0.272 e. The van der Waals surface area contributed by atoms with Gasteiger partial charge in [0.1, 0.15) is 5.69 Å². The largest absolute Gasteiger partial charge is 0.373 e. The summed E-state index contributed by atoms with van der Waals surface area (Å²) in [6.07, 6.45) is 9.31. The number of hydrogen-bond donors (Lipinski definition) is 1. The van der Waals surface area contributed by atoms with Crippen molar-refractivity contribution in [1.82, 2.24) is 19.9 Å². The fourth-order valence-corrected chi connectivity index (χ4v) is 3.86. The molecule has 7 heteroatoms. The molecule has 0 radical (unpaired) electrons. The van der Waals surface area contributed by atoms with E-state index in [9.17, 15) is 4.79 Å². The molecule has 1 saturated heterocycles. The van der Waals surface area contributed by atoms with Crippen LogP contribution in [-0.4, -0.2) is 45.0 Å². The van der Waals surface area contributed by atoms with Crippen LogP contribution in [0.2, 0.25) is 0 Å². The third kappa shape index (κ3) is 4.08. The van der Waals surface area contributed by atoms with Crippen LogP contribution in [0.15, 0.2) is 24.5 Å². The number of piperidine rings is 1. The van der Waals surface area contributed by atoms with Gasteiger partial charge in [-0.1, -0.05) is 6.07 Å². The van der Waals surface area contributed by atoms with Crippen LogP contribution in [0.5, 0.6) is 0 Å². The molecular formula is C20H25N5O2. The quantitative estimate of drug-likeness (QED) is 0.890. The van der Waals surface area contributed by atoms with Crippen LogP contribution in [0.25, 0.3) is 0 Å². The average molecular weight is 367 g/mol. The van der Waals surface area contributed by atoms with Gasteiger partial charge in [0.15, 0.2) is 0 Å². The van der Waals surface area contributed by atoms with Gasteiger partial charge in [0.25, 0.3) is 5.91 Å². The highest BCUT2D eigenvalue weighted by Gasteiger charge is 2.28. The molecule has 0 unspecified atom stereocenters. The number of aryl methyl sites for hydroxylation is 1. The molecule has 2 aromatic heterocycles. The maximum Gasteiger partial charge on any atom is 0.272 e. The van der Waals surface area contributed by atoms with E-state index >= 15 is 0 Å². The minimum absolute atomic E-state index is 0.0204. The van der Waals surface area contributed by atoms with Crippen molar-refractivity contribution in [2.75, 3.05) is 18.8 Å². The Kier molecular flexibility index (Phi) is 5.29. The van der Waals surface area contributed by atoms with Gasteiger partial charge in [0, 0.05) is 36.7 Å². The Labute approximate surface area is 159 Å². The highest BCUT2D eigenvalue weighted by molar-refractivity contribution is 5.94. The van der Waals surface area contributed by atoms with Crippen molar-refractivity contribution < 1.29 is 9.53 Å². The molecule has 1 aliphatic heterocycles. The number of nitrogen functional groups attached to an aromatic ring is 1. The second-order valence-corrected chi connectivity index (χ2v) is 7.23. The first-order valence-corrected chi connectivity index (χ1v) is 9.66. The third-order valence-corrected chi connectivity index (χ3v) is 5.34. The second-order valence-electron chi connectivity index (χ2n) is 7.23. The number of amides is 1. The summed E-state index contributed by atoms with van der Waals surface area (Å²) in [4.78, 5) is 27.7. The number of aromatic nitrogens is 3. The van der Waals surface area contributed by atoms with Crippen molar-refractivity contribution in [3.05, 3.63) is 47.0 Å². The summed E-state index contributed by atoms with van der Waals surface area (Å²) >= 11 is 0. The molecule has 1 fully saturated rings. The SMILES string of the molecule is Nc1nc2c(c(C(=O)N3CCC(OCc4cccnc4)CC3)n1)CCCC2. The first-order chi connectivity index (χ1) is 13.2. The van der Waals surface area contributed by atoms with E-state index in [1.165, 1.54) is 0 Å². The maximum atomic E-state index is 13.0. The highest BCUT2D eigenvalue weighted by atomic mass is 16.5. The molecule has 0 spiro atoms. The Morgan fingerprint density at radius 2 is 2.04 bits per heavy atom. The van der Waals surface area contributed by atoms with Crippen molar-refractivity contribution in [3.8, 4) is 0 Å². The number of anilines is 1. The van der Waals surface area contributed by atoms with E-state index in [-0.39, 0.29) is 18.0 Å². The number of ether oxygens (including phenoxy) is 1. The van der Waals surface area contributed by atoms with E-state index in [2.05, 4.69) is 15.0 Å².